The van der Waals surface area contributed by atoms with Crippen molar-refractivity contribution in [3.63, 3.8) is 0 Å². The van der Waals surface area contributed by atoms with Gasteiger partial charge in [-0.05, 0) is 76.5 Å². The number of hydrogen-bond donors (Lipinski definition) is 0. The minimum atomic E-state index is 0.855. The lowest BCUT2D eigenvalue weighted by Crippen LogP contribution is -2.15. The molecular weight excluding hydrogens is 464 g/mol. The normalized spacial score (nSPS) is 12.5. The highest BCUT2D eigenvalue weighted by molar-refractivity contribution is 6.21. The first-order valence-corrected chi connectivity index (χ1v) is 12.9. The summed E-state index contributed by atoms with van der Waals surface area (Å²) in [6.45, 7) is 0. The Bertz CT molecular complexity index is 2020. The van der Waals surface area contributed by atoms with Gasteiger partial charge >= 0.3 is 0 Å². The molecule has 0 fully saturated rings. The number of anilines is 3. The first-order valence-electron chi connectivity index (χ1n) is 12.9. The van der Waals surface area contributed by atoms with E-state index in [4.69, 9.17) is 4.74 Å². The van der Waals surface area contributed by atoms with Gasteiger partial charge in [0.2, 0.25) is 0 Å². The standard InChI is InChI=1S/C35H24N2O/c1-36-29-18-16-24(21-28(29)35-27-12-6-5-9-23(27)15-19-31(35)36)25-17-20-34-32(22-25)37(26-10-3-2-4-11-26)30-13-7-8-14-33(30)38-34/h2-22H,1H3. The van der Waals surface area contributed by atoms with Crippen LogP contribution in [0.3, 0.4) is 0 Å². The largest absolute Gasteiger partial charge is 0.453 e. The van der Waals surface area contributed by atoms with E-state index in [2.05, 4.69) is 132 Å². The van der Waals surface area contributed by atoms with Crippen molar-refractivity contribution in [1.29, 1.82) is 0 Å². The molecule has 0 amide bonds. The number of hydrogen-bond acceptors (Lipinski definition) is 2. The van der Waals surface area contributed by atoms with E-state index >= 15 is 0 Å². The van der Waals surface area contributed by atoms with E-state index in [0.717, 1.165) is 34.1 Å². The number of rotatable bonds is 2. The van der Waals surface area contributed by atoms with Crippen molar-refractivity contribution in [3.05, 3.63) is 127 Å². The van der Waals surface area contributed by atoms with Gasteiger partial charge in [-0.3, -0.25) is 0 Å². The van der Waals surface area contributed by atoms with E-state index in [1.165, 1.54) is 38.1 Å². The minimum Gasteiger partial charge on any atom is -0.453 e. The molecule has 0 bridgehead atoms. The summed E-state index contributed by atoms with van der Waals surface area (Å²) in [5.41, 5.74) is 8.02. The van der Waals surface area contributed by atoms with Crippen LogP contribution in [0.25, 0.3) is 43.7 Å². The molecule has 0 radical (unpaired) electrons. The first-order chi connectivity index (χ1) is 18.8. The number of fused-ring (bicyclic) bond motifs is 7. The van der Waals surface area contributed by atoms with Gasteiger partial charge in [0.1, 0.15) is 0 Å². The van der Waals surface area contributed by atoms with Gasteiger partial charge in [0.05, 0.1) is 11.4 Å². The molecule has 2 heterocycles. The van der Waals surface area contributed by atoms with Gasteiger partial charge < -0.3 is 14.2 Å². The van der Waals surface area contributed by atoms with Crippen LogP contribution < -0.4 is 9.64 Å². The first kappa shape index (κ1) is 21.1. The van der Waals surface area contributed by atoms with Crippen molar-refractivity contribution in [3.8, 4) is 22.6 Å². The number of nitrogens with zero attached hydrogens (tertiary/aromatic N) is 2. The topological polar surface area (TPSA) is 17.4 Å². The summed E-state index contributed by atoms with van der Waals surface area (Å²) in [5, 5.41) is 5.14. The maximum absolute atomic E-state index is 6.35. The molecule has 0 aliphatic carbocycles. The predicted octanol–water partition coefficient (Wildman–Crippen LogP) is 9.73. The lowest BCUT2D eigenvalue weighted by atomic mass is 9.99. The van der Waals surface area contributed by atoms with Gasteiger partial charge in [-0.2, -0.15) is 0 Å². The van der Waals surface area contributed by atoms with Crippen LogP contribution in [-0.2, 0) is 7.05 Å². The number of aromatic nitrogens is 1. The maximum atomic E-state index is 6.35. The molecule has 3 heteroatoms. The summed E-state index contributed by atoms with van der Waals surface area (Å²) in [6.07, 6.45) is 0. The summed E-state index contributed by atoms with van der Waals surface area (Å²) in [7, 11) is 2.16. The van der Waals surface area contributed by atoms with Crippen molar-refractivity contribution < 1.29 is 4.74 Å². The predicted molar refractivity (Wildman–Crippen MR) is 158 cm³/mol. The SMILES string of the molecule is Cn1c2ccc(-c3ccc4c(c3)N(c3ccccc3)c3ccccc3O4)cc2c2c3ccccc3ccc21. The number of aryl methyl sites for hydroxylation is 1. The minimum absolute atomic E-state index is 0.855. The molecule has 0 saturated carbocycles. The van der Waals surface area contributed by atoms with Gasteiger partial charge in [0, 0.05) is 34.5 Å². The molecule has 0 saturated heterocycles. The van der Waals surface area contributed by atoms with Crippen LogP contribution in [0.5, 0.6) is 11.5 Å². The molecule has 1 aliphatic rings. The van der Waals surface area contributed by atoms with Crippen LogP contribution in [0.15, 0.2) is 127 Å². The average Bonchev–Trinajstić information content (AvgIpc) is 3.27. The van der Waals surface area contributed by atoms with Crippen molar-refractivity contribution in [2.45, 2.75) is 0 Å². The molecule has 8 rings (SSSR count). The second kappa shape index (κ2) is 7.99. The Hall–Kier alpha value is -5.02. The number of ether oxygens (including phenoxy) is 1. The number of para-hydroxylation sites is 3. The highest BCUT2D eigenvalue weighted by Gasteiger charge is 2.26. The second-order valence-corrected chi connectivity index (χ2v) is 9.90. The quantitative estimate of drug-likeness (QED) is 0.241. The van der Waals surface area contributed by atoms with Crippen LogP contribution >= 0.6 is 0 Å². The van der Waals surface area contributed by atoms with Gasteiger partial charge in [-0.15, -0.1) is 0 Å². The molecular formula is C35H24N2O. The monoisotopic (exact) mass is 488 g/mol. The van der Waals surface area contributed by atoms with Crippen molar-refractivity contribution in [2.75, 3.05) is 4.90 Å². The zero-order valence-electron chi connectivity index (χ0n) is 20.9. The molecule has 0 atom stereocenters. The molecule has 180 valence electrons. The Labute approximate surface area is 220 Å². The second-order valence-electron chi connectivity index (χ2n) is 9.90. The van der Waals surface area contributed by atoms with E-state index < -0.39 is 0 Å². The molecule has 0 spiro atoms. The fourth-order valence-electron chi connectivity index (χ4n) is 5.95. The molecule has 7 aromatic rings. The Morgan fingerprint density at radius 3 is 2.16 bits per heavy atom. The molecule has 38 heavy (non-hydrogen) atoms. The Morgan fingerprint density at radius 1 is 0.526 bits per heavy atom. The van der Waals surface area contributed by atoms with E-state index in [0.29, 0.717) is 0 Å². The molecule has 1 aromatic heterocycles. The summed E-state index contributed by atoms with van der Waals surface area (Å²) in [4.78, 5) is 2.29. The number of benzene rings is 6. The Morgan fingerprint density at radius 2 is 1.24 bits per heavy atom. The summed E-state index contributed by atoms with van der Waals surface area (Å²) in [6, 6.07) is 45.2. The third-order valence-corrected chi connectivity index (χ3v) is 7.77. The highest BCUT2D eigenvalue weighted by atomic mass is 16.5. The van der Waals surface area contributed by atoms with E-state index in [1.807, 2.05) is 12.1 Å². The van der Waals surface area contributed by atoms with Crippen LogP contribution in [0.4, 0.5) is 17.1 Å². The molecule has 3 nitrogen and oxygen atoms in total. The van der Waals surface area contributed by atoms with Crippen molar-refractivity contribution >= 4 is 49.6 Å². The zero-order valence-corrected chi connectivity index (χ0v) is 20.9. The maximum Gasteiger partial charge on any atom is 0.151 e. The lowest BCUT2D eigenvalue weighted by Gasteiger charge is -2.33. The van der Waals surface area contributed by atoms with Crippen LogP contribution in [0, 0.1) is 0 Å². The van der Waals surface area contributed by atoms with Gasteiger partial charge in [0.15, 0.2) is 11.5 Å². The van der Waals surface area contributed by atoms with Gasteiger partial charge in [-0.1, -0.05) is 72.8 Å². The summed E-state index contributed by atoms with van der Waals surface area (Å²) in [5.74, 6) is 1.72. The molecule has 6 aromatic carbocycles. The molecule has 1 aliphatic heterocycles. The van der Waals surface area contributed by atoms with E-state index in [9.17, 15) is 0 Å². The average molecular weight is 489 g/mol. The van der Waals surface area contributed by atoms with Crippen molar-refractivity contribution in [2.24, 2.45) is 7.05 Å². The fourth-order valence-corrected chi connectivity index (χ4v) is 5.95. The van der Waals surface area contributed by atoms with Gasteiger partial charge in [-0.25, -0.2) is 0 Å². The Balaban J connectivity index is 1.34. The smallest absolute Gasteiger partial charge is 0.151 e. The van der Waals surface area contributed by atoms with Crippen LogP contribution in [-0.4, -0.2) is 4.57 Å². The summed E-state index contributed by atoms with van der Waals surface area (Å²) >= 11 is 0. The van der Waals surface area contributed by atoms with Gasteiger partial charge in [0.25, 0.3) is 0 Å². The Kier molecular flexibility index (Phi) is 4.44. The fraction of sp³-hybridized carbons (Fsp3) is 0.0286. The molecule has 0 unspecified atom stereocenters. The molecule has 0 N–H and O–H groups in total. The summed E-state index contributed by atoms with van der Waals surface area (Å²) < 4.78 is 8.66. The zero-order chi connectivity index (χ0) is 25.2. The highest BCUT2D eigenvalue weighted by Crippen LogP contribution is 2.51. The third kappa shape index (κ3) is 3.02. The van der Waals surface area contributed by atoms with Crippen LogP contribution in [0.2, 0.25) is 0 Å². The lowest BCUT2D eigenvalue weighted by molar-refractivity contribution is 0.477. The van der Waals surface area contributed by atoms with E-state index in [1.54, 1.807) is 0 Å². The van der Waals surface area contributed by atoms with Crippen molar-refractivity contribution in [1.82, 2.24) is 4.57 Å². The third-order valence-electron chi connectivity index (χ3n) is 7.77. The van der Waals surface area contributed by atoms with E-state index in [-0.39, 0.29) is 0 Å². The van der Waals surface area contributed by atoms with Crippen LogP contribution in [0.1, 0.15) is 0 Å².